The van der Waals surface area contributed by atoms with Gasteiger partial charge < -0.3 is 9.88 Å². The van der Waals surface area contributed by atoms with E-state index < -0.39 is 52.1 Å². The molecule has 0 saturated heterocycles. The zero-order valence-electron chi connectivity index (χ0n) is 20.3. The van der Waals surface area contributed by atoms with Gasteiger partial charge in [-0.3, -0.25) is 9.59 Å². The summed E-state index contributed by atoms with van der Waals surface area (Å²) in [6.07, 6.45) is -4.55. The van der Waals surface area contributed by atoms with E-state index in [1.165, 1.54) is 16.8 Å². The number of anilines is 1. The average molecular weight is 568 g/mol. The number of rotatable bonds is 5. The highest BCUT2D eigenvalue weighted by Gasteiger charge is 2.38. The number of H-pyrrole nitrogens is 1. The van der Waals surface area contributed by atoms with Crippen LogP contribution in [-0.4, -0.2) is 30.8 Å². The van der Waals surface area contributed by atoms with Gasteiger partial charge in [-0.05, 0) is 48.8 Å². The van der Waals surface area contributed by atoms with E-state index in [-0.39, 0.29) is 29.2 Å². The van der Waals surface area contributed by atoms with Crippen molar-refractivity contribution in [3.05, 3.63) is 80.6 Å². The molecule has 1 aromatic carbocycles. The van der Waals surface area contributed by atoms with E-state index in [2.05, 4.69) is 20.4 Å². The monoisotopic (exact) mass is 568 g/mol. The quantitative estimate of drug-likeness (QED) is 0.329. The molecule has 8 nitrogen and oxygen atoms in total. The molecule has 1 saturated carbocycles. The van der Waals surface area contributed by atoms with Gasteiger partial charge in [-0.15, -0.1) is 0 Å². The number of hydrogen-bond acceptors (Lipinski definition) is 6. The Hall–Kier alpha value is -4.30. The summed E-state index contributed by atoms with van der Waals surface area (Å²) in [5, 5.41) is 8.33. The number of benzene rings is 1. The van der Waals surface area contributed by atoms with Gasteiger partial charge in [-0.2, -0.15) is 31.4 Å². The van der Waals surface area contributed by atoms with Crippen LogP contribution in [0.5, 0.6) is 0 Å². The van der Waals surface area contributed by atoms with Crippen LogP contribution in [0.1, 0.15) is 30.4 Å². The first-order chi connectivity index (χ1) is 18.8. The van der Waals surface area contributed by atoms with Crippen molar-refractivity contribution in [3.63, 3.8) is 0 Å². The van der Waals surface area contributed by atoms with Gasteiger partial charge in [0.1, 0.15) is 11.4 Å². The van der Waals surface area contributed by atoms with Gasteiger partial charge in [-0.1, -0.05) is 0 Å². The minimum absolute atomic E-state index is 0.0349. The van der Waals surface area contributed by atoms with E-state index in [9.17, 15) is 40.3 Å². The Morgan fingerprint density at radius 1 is 1.00 bits per heavy atom. The minimum Gasteiger partial charge on any atom is -0.380 e. The summed E-state index contributed by atoms with van der Waals surface area (Å²) >= 11 is 0. The molecule has 0 spiro atoms. The maximum Gasteiger partial charge on any atom is 0.423 e. The molecule has 0 aliphatic heterocycles. The van der Waals surface area contributed by atoms with Gasteiger partial charge in [0.05, 0.1) is 28.4 Å². The summed E-state index contributed by atoms with van der Waals surface area (Å²) in [7, 11) is 0. The number of aromatic nitrogens is 5. The molecule has 3 heterocycles. The second-order valence-corrected chi connectivity index (χ2v) is 9.49. The lowest BCUT2D eigenvalue weighted by Gasteiger charge is -2.18. The van der Waals surface area contributed by atoms with Gasteiger partial charge in [0, 0.05) is 31.2 Å². The van der Waals surface area contributed by atoms with E-state index in [0.717, 1.165) is 12.3 Å². The topological polar surface area (TPSA) is 106 Å². The zero-order valence-corrected chi connectivity index (χ0v) is 20.3. The number of halogens is 7. The molecule has 1 aliphatic carbocycles. The Kier molecular flexibility index (Phi) is 6.84. The Labute approximate surface area is 219 Å². The SMILES string of the molecule is O=c1[nH]ncc(NC2CCC(Cn3ccc4cc(-c5ncc(C(F)(F)F)cn5)c(F)cc4c3=O)C2)c1C(F)(F)F. The lowest BCUT2D eigenvalue weighted by Crippen LogP contribution is -2.28. The first-order valence-electron chi connectivity index (χ1n) is 11.9. The smallest absolute Gasteiger partial charge is 0.380 e. The third kappa shape index (κ3) is 5.40. The largest absolute Gasteiger partial charge is 0.423 e. The molecule has 5 rings (SSSR count). The van der Waals surface area contributed by atoms with Crippen molar-refractivity contribution in [2.75, 3.05) is 5.32 Å². The first kappa shape index (κ1) is 27.3. The maximum atomic E-state index is 14.9. The molecular weight excluding hydrogens is 549 g/mol. The second-order valence-electron chi connectivity index (χ2n) is 9.49. The average Bonchev–Trinajstić information content (AvgIpc) is 3.31. The molecular formula is C25H19F7N6O2. The Morgan fingerprint density at radius 2 is 1.73 bits per heavy atom. The lowest BCUT2D eigenvalue weighted by atomic mass is 10.1. The van der Waals surface area contributed by atoms with E-state index >= 15 is 0 Å². The van der Waals surface area contributed by atoms with Crippen LogP contribution in [0.2, 0.25) is 0 Å². The summed E-state index contributed by atoms with van der Waals surface area (Å²) < 4.78 is 94.6. The van der Waals surface area contributed by atoms with Gasteiger partial charge in [-0.25, -0.2) is 19.5 Å². The van der Waals surface area contributed by atoms with Gasteiger partial charge in [0.15, 0.2) is 5.82 Å². The molecule has 1 aliphatic rings. The van der Waals surface area contributed by atoms with Crippen molar-refractivity contribution in [2.24, 2.45) is 5.92 Å². The van der Waals surface area contributed by atoms with E-state index in [0.29, 0.717) is 37.0 Å². The van der Waals surface area contributed by atoms with Crippen LogP contribution in [-0.2, 0) is 18.9 Å². The normalized spacial score (nSPS) is 17.9. The van der Waals surface area contributed by atoms with Crippen molar-refractivity contribution >= 4 is 16.5 Å². The molecule has 0 amide bonds. The molecule has 2 unspecified atom stereocenters. The number of nitrogens with zero attached hydrogens (tertiary/aromatic N) is 4. The predicted molar refractivity (Wildman–Crippen MR) is 129 cm³/mol. The number of fused-ring (bicyclic) bond motifs is 1. The van der Waals surface area contributed by atoms with Gasteiger partial charge >= 0.3 is 12.4 Å². The van der Waals surface area contributed by atoms with Crippen LogP contribution in [0.4, 0.5) is 36.4 Å². The van der Waals surface area contributed by atoms with E-state index in [1.807, 2.05) is 0 Å². The first-order valence-corrected chi connectivity index (χ1v) is 11.9. The highest BCUT2D eigenvalue weighted by atomic mass is 19.4. The fraction of sp³-hybridized carbons (Fsp3) is 0.320. The molecule has 15 heteroatoms. The number of nitrogens with one attached hydrogen (secondary N) is 2. The Balaban J connectivity index is 1.33. The van der Waals surface area contributed by atoms with Crippen molar-refractivity contribution in [1.29, 1.82) is 0 Å². The molecule has 2 N–H and O–H groups in total. The van der Waals surface area contributed by atoms with Gasteiger partial charge in [0.25, 0.3) is 11.1 Å². The molecule has 0 bridgehead atoms. The van der Waals surface area contributed by atoms with Crippen LogP contribution in [0.3, 0.4) is 0 Å². The Morgan fingerprint density at radius 3 is 2.40 bits per heavy atom. The molecule has 3 aromatic heterocycles. The summed E-state index contributed by atoms with van der Waals surface area (Å²) in [4.78, 5) is 32.0. The number of alkyl halides is 6. The summed E-state index contributed by atoms with van der Waals surface area (Å²) in [6, 6.07) is 3.41. The van der Waals surface area contributed by atoms with Crippen molar-refractivity contribution in [2.45, 2.75) is 44.2 Å². The van der Waals surface area contributed by atoms with Crippen molar-refractivity contribution in [1.82, 2.24) is 24.7 Å². The summed E-state index contributed by atoms with van der Waals surface area (Å²) in [5.74, 6) is -1.26. The van der Waals surface area contributed by atoms with Crippen LogP contribution in [0, 0.1) is 11.7 Å². The van der Waals surface area contributed by atoms with E-state index in [4.69, 9.17) is 0 Å². The van der Waals surface area contributed by atoms with Crippen LogP contribution >= 0.6 is 0 Å². The molecule has 40 heavy (non-hydrogen) atoms. The number of pyridine rings is 1. The fourth-order valence-corrected chi connectivity index (χ4v) is 4.89. The summed E-state index contributed by atoms with van der Waals surface area (Å²) in [5.41, 5.74) is -4.90. The third-order valence-corrected chi connectivity index (χ3v) is 6.78. The molecule has 4 aromatic rings. The minimum atomic E-state index is -4.87. The highest BCUT2D eigenvalue weighted by Crippen LogP contribution is 2.35. The molecule has 210 valence electrons. The number of hydrogen-bond donors (Lipinski definition) is 2. The highest BCUT2D eigenvalue weighted by molar-refractivity contribution is 5.86. The predicted octanol–water partition coefficient (Wildman–Crippen LogP) is 5.00. The van der Waals surface area contributed by atoms with Crippen LogP contribution in [0.25, 0.3) is 22.2 Å². The fourth-order valence-electron chi connectivity index (χ4n) is 4.89. The van der Waals surface area contributed by atoms with E-state index in [1.54, 1.807) is 11.2 Å². The molecule has 1 fully saturated rings. The van der Waals surface area contributed by atoms with Crippen molar-refractivity contribution in [3.8, 4) is 11.4 Å². The number of aromatic amines is 1. The van der Waals surface area contributed by atoms with Crippen molar-refractivity contribution < 1.29 is 30.7 Å². The molecule has 0 radical (unpaired) electrons. The standard InChI is InChI=1S/C25H19F7N6O2/c26-18-7-16-13(6-17(18)21-33-8-14(9-34-21)24(27,28)29)3-4-38(23(16)40)11-12-1-2-15(5-12)36-19-10-35-37-22(39)20(19)25(30,31)32/h3-4,6-10,12,15H,1-2,5,11H2,(H2,36,37,39). The second kappa shape index (κ2) is 10.0. The lowest BCUT2D eigenvalue weighted by molar-refractivity contribution is -0.139. The summed E-state index contributed by atoms with van der Waals surface area (Å²) in [6.45, 7) is 0.220. The van der Waals surface area contributed by atoms with Crippen LogP contribution in [0.15, 0.2) is 52.6 Å². The molecule has 2 atom stereocenters. The Bertz CT molecular complexity index is 1680. The van der Waals surface area contributed by atoms with Crippen LogP contribution < -0.4 is 16.4 Å². The maximum absolute atomic E-state index is 14.9. The zero-order chi connectivity index (χ0) is 28.8. The third-order valence-electron chi connectivity index (χ3n) is 6.78. The van der Waals surface area contributed by atoms with Gasteiger partial charge in [0.2, 0.25) is 0 Å².